The van der Waals surface area contributed by atoms with E-state index < -0.39 is 4.92 Å². The Balaban J connectivity index is 3.05. The van der Waals surface area contributed by atoms with Crippen LogP contribution in [0.2, 0.25) is 0 Å². The van der Waals surface area contributed by atoms with Crippen molar-refractivity contribution in [3.8, 4) is 5.75 Å². The van der Waals surface area contributed by atoms with E-state index in [2.05, 4.69) is 0 Å². The first-order valence-corrected chi connectivity index (χ1v) is 4.61. The molecule has 0 saturated heterocycles. The molecule has 15 heavy (non-hydrogen) atoms. The summed E-state index contributed by atoms with van der Waals surface area (Å²) in [6.07, 6.45) is 0.616. The molecule has 0 aliphatic rings. The molecular weight excluding hydrogens is 196 g/mol. The van der Waals surface area contributed by atoms with Crippen molar-refractivity contribution in [2.75, 3.05) is 7.11 Å². The van der Waals surface area contributed by atoms with Gasteiger partial charge in [0.1, 0.15) is 0 Å². The fourth-order valence-corrected chi connectivity index (χ4v) is 1.38. The summed E-state index contributed by atoms with van der Waals surface area (Å²) in [7, 11) is 1.41. The number of hydrogen-bond acceptors (Lipinski definition) is 4. The van der Waals surface area contributed by atoms with Crippen molar-refractivity contribution in [2.24, 2.45) is 5.73 Å². The zero-order valence-corrected chi connectivity index (χ0v) is 8.77. The number of nitrogens with zero attached hydrogens (tertiary/aromatic N) is 1. The topological polar surface area (TPSA) is 78.4 Å². The second-order valence-corrected chi connectivity index (χ2v) is 3.44. The Labute approximate surface area is 88.0 Å². The van der Waals surface area contributed by atoms with Crippen LogP contribution in [0.1, 0.15) is 12.5 Å². The minimum Gasteiger partial charge on any atom is -0.490 e. The number of hydrogen-bond donors (Lipinski definition) is 1. The molecule has 0 amide bonds. The maximum atomic E-state index is 10.7. The van der Waals surface area contributed by atoms with Crippen molar-refractivity contribution in [3.63, 3.8) is 0 Å². The standard InChI is InChI=1S/C10H14N2O3/c1-7(11)5-8-3-4-10(15-2)9(6-8)12(13)14/h3-4,6-7H,5,11H2,1-2H3/t7-/m1/s1. The largest absolute Gasteiger partial charge is 0.490 e. The Kier molecular flexibility index (Phi) is 3.62. The Bertz CT molecular complexity index is 364. The van der Waals surface area contributed by atoms with Crippen molar-refractivity contribution in [1.82, 2.24) is 0 Å². The molecule has 0 bridgehead atoms. The van der Waals surface area contributed by atoms with Gasteiger partial charge in [-0.15, -0.1) is 0 Å². The summed E-state index contributed by atoms with van der Waals surface area (Å²) in [4.78, 5) is 10.3. The van der Waals surface area contributed by atoms with Crippen molar-refractivity contribution < 1.29 is 9.66 Å². The molecule has 0 aromatic heterocycles. The molecule has 1 aromatic rings. The van der Waals surface area contributed by atoms with E-state index in [4.69, 9.17) is 10.5 Å². The number of nitrogens with two attached hydrogens (primary N) is 1. The van der Waals surface area contributed by atoms with Gasteiger partial charge < -0.3 is 10.5 Å². The van der Waals surface area contributed by atoms with Gasteiger partial charge in [0.05, 0.1) is 12.0 Å². The van der Waals surface area contributed by atoms with Gasteiger partial charge in [-0.25, -0.2) is 0 Å². The van der Waals surface area contributed by atoms with Crippen LogP contribution in [0.5, 0.6) is 5.75 Å². The van der Waals surface area contributed by atoms with E-state index in [0.717, 1.165) is 5.56 Å². The van der Waals surface area contributed by atoms with Crippen LogP contribution in [0.15, 0.2) is 18.2 Å². The maximum Gasteiger partial charge on any atom is 0.311 e. The first-order valence-electron chi connectivity index (χ1n) is 4.61. The van der Waals surface area contributed by atoms with Crippen molar-refractivity contribution in [1.29, 1.82) is 0 Å². The van der Waals surface area contributed by atoms with E-state index in [1.54, 1.807) is 12.1 Å². The molecule has 1 rings (SSSR count). The molecule has 2 N–H and O–H groups in total. The summed E-state index contributed by atoms with van der Waals surface area (Å²) in [6.45, 7) is 1.86. The van der Waals surface area contributed by atoms with Gasteiger partial charge in [0.25, 0.3) is 0 Å². The molecule has 0 aliphatic carbocycles. The molecule has 5 nitrogen and oxygen atoms in total. The lowest BCUT2D eigenvalue weighted by molar-refractivity contribution is -0.385. The molecule has 82 valence electrons. The lowest BCUT2D eigenvalue weighted by Crippen LogP contribution is -2.17. The van der Waals surface area contributed by atoms with Gasteiger partial charge in [-0.1, -0.05) is 6.07 Å². The van der Waals surface area contributed by atoms with Crippen LogP contribution in [-0.4, -0.2) is 18.1 Å². The molecule has 1 atom stereocenters. The smallest absolute Gasteiger partial charge is 0.311 e. The maximum absolute atomic E-state index is 10.7. The molecule has 0 radical (unpaired) electrons. The van der Waals surface area contributed by atoms with Crippen molar-refractivity contribution in [3.05, 3.63) is 33.9 Å². The van der Waals surface area contributed by atoms with Crippen molar-refractivity contribution >= 4 is 5.69 Å². The van der Waals surface area contributed by atoms with Crippen molar-refractivity contribution in [2.45, 2.75) is 19.4 Å². The lowest BCUT2D eigenvalue weighted by atomic mass is 10.1. The monoisotopic (exact) mass is 210 g/mol. The third-order valence-corrected chi connectivity index (χ3v) is 2.00. The van der Waals surface area contributed by atoms with Crippen LogP contribution < -0.4 is 10.5 Å². The SMILES string of the molecule is COc1ccc(C[C@@H](C)N)cc1[N+](=O)[O-]. The molecule has 1 aromatic carbocycles. The van der Waals surface area contributed by atoms with E-state index in [9.17, 15) is 10.1 Å². The minimum atomic E-state index is -0.455. The molecule has 0 fully saturated rings. The normalized spacial score (nSPS) is 12.2. The van der Waals surface area contributed by atoms with Gasteiger partial charge in [0.15, 0.2) is 5.75 Å². The highest BCUT2D eigenvalue weighted by atomic mass is 16.6. The van der Waals surface area contributed by atoms with Gasteiger partial charge in [0.2, 0.25) is 0 Å². The predicted octanol–water partition coefficient (Wildman–Crippen LogP) is 1.49. The summed E-state index contributed by atoms with van der Waals surface area (Å²) in [5.41, 5.74) is 6.45. The molecular formula is C10H14N2O3. The first-order chi connectivity index (χ1) is 7.04. The minimum absolute atomic E-state index is 0.0157. The summed E-state index contributed by atoms with van der Waals surface area (Å²) in [5, 5.41) is 10.7. The third kappa shape index (κ3) is 2.92. The average molecular weight is 210 g/mol. The van der Waals surface area contributed by atoms with E-state index in [1.165, 1.54) is 13.2 Å². The van der Waals surface area contributed by atoms with Gasteiger partial charge in [-0.2, -0.15) is 0 Å². The molecule has 0 heterocycles. The molecule has 0 aliphatic heterocycles. The molecule has 0 spiro atoms. The highest BCUT2D eigenvalue weighted by molar-refractivity contribution is 5.48. The quantitative estimate of drug-likeness (QED) is 0.603. The molecule has 0 saturated carbocycles. The molecule has 5 heteroatoms. The van der Waals surface area contributed by atoms with Gasteiger partial charge in [-0.05, 0) is 25.0 Å². The second-order valence-electron chi connectivity index (χ2n) is 3.44. The third-order valence-electron chi connectivity index (χ3n) is 2.00. The van der Waals surface area contributed by atoms with Crippen LogP contribution in [0.25, 0.3) is 0 Å². The lowest BCUT2D eigenvalue weighted by Gasteiger charge is -2.06. The number of rotatable bonds is 4. The fourth-order valence-electron chi connectivity index (χ4n) is 1.38. The Morgan fingerprint density at radius 1 is 1.60 bits per heavy atom. The second kappa shape index (κ2) is 4.75. The van der Waals surface area contributed by atoms with Crippen LogP contribution >= 0.6 is 0 Å². The van der Waals surface area contributed by atoms with Gasteiger partial charge in [-0.3, -0.25) is 10.1 Å². The Hall–Kier alpha value is -1.62. The number of ether oxygens (including phenoxy) is 1. The molecule has 0 unspecified atom stereocenters. The number of nitro benzene ring substituents is 1. The fraction of sp³-hybridized carbons (Fsp3) is 0.400. The van der Waals surface area contributed by atoms with E-state index >= 15 is 0 Å². The number of benzene rings is 1. The number of nitro groups is 1. The predicted molar refractivity (Wildman–Crippen MR) is 57.0 cm³/mol. The zero-order valence-electron chi connectivity index (χ0n) is 8.77. The Morgan fingerprint density at radius 3 is 2.73 bits per heavy atom. The average Bonchev–Trinajstić information content (AvgIpc) is 2.16. The highest BCUT2D eigenvalue weighted by Crippen LogP contribution is 2.27. The van der Waals surface area contributed by atoms with Gasteiger partial charge >= 0.3 is 5.69 Å². The first kappa shape index (κ1) is 11.5. The summed E-state index contributed by atoms with van der Waals surface area (Å²) < 4.78 is 4.89. The van der Waals surface area contributed by atoms with E-state index in [1.807, 2.05) is 6.92 Å². The Morgan fingerprint density at radius 2 is 2.27 bits per heavy atom. The summed E-state index contributed by atoms with van der Waals surface area (Å²) in [6, 6.07) is 4.87. The summed E-state index contributed by atoms with van der Waals surface area (Å²) >= 11 is 0. The van der Waals surface area contributed by atoms with Crippen LogP contribution in [0.3, 0.4) is 0 Å². The zero-order chi connectivity index (χ0) is 11.4. The number of methoxy groups -OCH3 is 1. The van der Waals surface area contributed by atoms with Crippen LogP contribution in [0, 0.1) is 10.1 Å². The van der Waals surface area contributed by atoms with E-state index in [-0.39, 0.29) is 17.5 Å². The van der Waals surface area contributed by atoms with Crippen LogP contribution in [-0.2, 0) is 6.42 Å². The highest BCUT2D eigenvalue weighted by Gasteiger charge is 2.15. The van der Waals surface area contributed by atoms with E-state index in [0.29, 0.717) is 6.42 Å². The van der Waals surface area contributed by atoms with Gasteiger partial charge in [0, 0.05) is 12.1 Å². The van der Waals surface area contributed by atoms with Crippen LogP contribution in [0.4, 0.5) is 5.69 Å². The summed E-state index contributed by atoms with van der Waals surface area (Å²) in [5.74, 6) is 0.272.